The van der Waals surface area contributed by atoms with Crippen LogP contribution >= 0.6 is 24.0 Å². The molecule has 1 fully saturated rings. The summed E-state index contributed by atoms with van der Waals surface area (Å²) in [4.78, 5) is 4.69. The molecule has 0 aliphatic heterocycles. The number of hydrogen-bond donors (Lipinski definition) is 2. The van der Waals surface area contributed by atoms with Crippen molar-refractivity contribution in [2.45, 2.75) is 31.7 Å². The van der Waals surface area contributed by atoms with E-state index in [1.165, 1.54) is 6.07 Å². The molecule has 8 heteroatoms. The molecular weight excluding hydrogens is 512 g/mol. The van der Waals surface area contributed by atoms with Gasteiger partial charge in [0.2, 0.25) is 0 Å². The van der Waals surface area contributed by atoms with Gasteiger partial charge in [0.05, 0.1) is 27.9 Å². The van der Waals surface area contributed by atoms with Crippen LogP contribution in [0.5, 0.6) is 17.2 Å². The van der Waals surface area contributed by atoms with Crippen molar-refractivity contribution >= 4 is 29.9 Å². The van der Waals surface area contributed by atoms with Gasteiger partial charge in [-0.3, -0.25) is 0 Å². The van der Waals surface area contributed by atoms with Crippen molar-refractivity contribution in [1.82, 2.24) is 10.6 Å². The van der Waals surface area contributed by atoms with Gasteiger partial charge in [0, 0.05) is 30.1 Å². The van der Waals surface area contributed by atoms with Crippen molar-refractivity contribution in [2.24, 2.45) is 4.99 Å². The van der Waals surface area contributed by atoms with E-state index in [0.29, 0.717) is 36.3 Å². The van der Waals surface area contributed by atoms with Gasteiger partial charge in [-0.05, 0) is 37.5 Å². The van der Waals surface area contributed by atoms with Gasteiger partial charge in [-0.15, -0.1) is 24.0 Å². The quantitative estimate of drug-likeness (QED) is 0.281. The Morgan fingerprint density at radius 2 is 1.65 bits per heavy atom. The molecule has 0 bridgehead atoms. The second-order valence-electron chi connectivity index (χ2n) is 7.33. The third kappa shape index (κ3) is 5.93. The van der Waals surface area contributed by atoms with Gasteiger partial charge < -0.3 is 24.8 Å². The standard InChI is InChI=1S/C23H30FN3O3.HI/c1-5-25-22(27-15-23(10-11-23)17-8-6-7-9-18(17)24)26-14-16-12-20(29-3)21(30-4)13-19(16)28-2;/h6-9,12-13H,5,10-11,14-15H2,1-4H3,(H2,25,26,27);1H. The van der Waals surface area contributed by atoms with Crippen LogP contribution in [0.15, 0.2) is 41.4 Å². The Hall–Kier alpha value is -2.23. The zero-order valence-corrected chi connectivity index (χ0v) is 20.8. The first-order valence-corrected chi connectivity index (χ1v) is 10.1. The summed E-state index contributed by atoms with van der Waals surface area (Å²) in [6, 6.07) is 10.7. The maximum absolute atomic E-state index is 14.3. The van der Waals surface area contributed by atoms with Gasteiger partial charge >= 0.3 is 0 Å². The van der Waals surface area contributed by atoms with Gasteiger partial charge in [0.25, 0.3) is 0 Å². The summed E-state index contributed by atoms with van der Waals surface area (Å²) >= 11 is 0. The highest BCUT2D eigenvalue weighted by atomic mass is 127. The van der Waals surface area contributed by atoms with E-state index in [4.69, 9.17) is 19.2 Å². The molecule has 2 aromatic carbocycles. The summed E-state index contributed by atoms with van der Waals surface area (Å²) in [6.07, 6.45) is 1.92. The number of guanidine groups is 1. The molecule has 0 spiro atoms. The minimum Gasteiger partial charge on any atom is -0.496 e. The fourth-order valence-electron chi connectivity index (χ4n) is 3.56. The third-order valence-corrected chi connectivity index (χ3v) is 5.43. The van der Waals surface area contributed by atoms with Crippen LogP contribution in [0.2, 0.25) is 0 Å². The summed E-state index contributed by atoms with van der Waals surface area (Å²) in [7, 11) is 4.80. The predicted octanol–water partition coefficient (Wildman–Crippen LogP) is 4.26. The van der Waals surface area contributed by atoms with Crippen LogP contribution in [0.4, 0.5) is 4.39 Å². The van der Waals surface area contributed by atoms with E-state index in [0.717, 1.165) is 30.5 Å². The Balaban J connectivity index is 0.00000341. The first-order chi connectivity index (χ1) is 14.6. The Morgan fingerprint density at radius 3 is 2.23 bits per heavy atom. The first-order valence-electron chi connectivity index (χ1n) is 10.1. The van der Waals surface area contributed by atoms with Crippen molar-refractivity contribution in [2.75, 3.05) is 34.4 Å². The van der Waals surface area contributed by atoms with E-state index >= 15 is 0 Å². The largest absolute Gasteiger partial charge is 0.496 e. The van der Waals surface area contributed by atoms with E-state index in [2.05, 4.69) is 10.6 Å². The van der Waals surface area contributed by atoms with E-state index in [-0.39, 0.29) is 35.2 Å². The molecule has 0 heterocycles. The molecule has 0 radical (unpaired) electrons. The van der Waals surface area contributed by atoms with Crippen molar-refractivity contribution < 1.29 is 18.6 Å². The lowest BCUT2D eigenvalue weighted by Crippen LogP contribution is -2.41. The Labute approximate surface area is 200 Å². The predicted molar refractivity (Wildman–Crippen MR) is 132 cm³/mol. The smallest absolute Gasteiger partial charge is 0.191 e. The van der Waals surface area contributed by atoms with Crippen LogP contribution in [0.1, 0.15) is 30.9 Å². The molecule has 2 aromatic rings. The van der Waals surface area contributed by atoms with Crippen molar-refractivity contribution in [1.29, 1.82) is 0 Å². The summed E-state index contributed by atoms with van der Waals surface area (Å²) in [6.45, 7) is 3.76. The maximum Gasteiger partial charge on any atom is 0.191 e. The highest BCUT2D eigenvalue weighted by Crippen LogP contribution is 2.48. The number of methoxy groups -OCH3 is 3. The van der Waals surface area contributed by atoms with E-state index in [9.17, 15) is 4.39 Å². The molecule has 0 saturated heterocycles. The molecule has 6 nitrogen and oxygen atoms in total. The normalized spacial score (nSPS) is 14.3. The van der Waals surface area contributed by atoms with Gasteiger partial charge in [0.1, 0.15) is 11.6 Å². The number of hydrogen-bond acceptors (Lipinski definition) is 4. The number of halogens is 2. The highest BCUT2D eigenvalue weighted by Gasteiger charge is 2.45. The van der Waals surface area contributed by atoms with Crippen LogP contribution in [-0.4, -0.2) is 40.4 Å². The monoisotopic (exact) mass is 543 g/mol. The molecule has 0 atom stereocenters. The molecule has 1 saturated carbocycles. The number of aliphatic imine (C=N–C) groups is 1. The van der Waals surface area contributed by atoms with Crippen LogP contribution in [-0.2, 0) is 12.0 Å². The summed E-state index contributed by atoms with van der Waals surface area (Å²) in [5.74, 6) is 2.44. The molecule has 2 N–H and O–H groups in total. The average molecular weight is 543 g/mol. The van der Waals surface area contributed by atoms with Crippen molar-refractivity contribution in [3.63, 3.8) is 0 Å². The second kappa shape index (κ2) is 11.4. The molecule has 0 unspecified atom stereocenters. The van der Waals surface area contributed by atoms with E-state index < -0.39 is 0 Å². The summed E-state index contributed by atoms with van der Waals surface area (Å²) < 4.78 is 30.5. The summed E-state index contributed by atoms with van der Waals surface area (Å²) in [5, 5.41) is 6.64. The second-order valence-corrected chi connectivity index (χ2v) is 7.33. The zero-order valence-electron chi connectivity index (χ0n) is 18.5. The first kappa shape index (κ1) is 25.0. The lowest BCUT2D eigenvalue weighted by molar-refractivity contribution is 0.347. The van der Waals surface area contributed by atoms with Gasteiger partial charge in [-0.1, -0.05) is 18.2 Å². The summed E-state index contributed by atoms with van der Waals surface area (Å²) in [5.41, 5.74) is 1.49. The van der Waals surface area contributed by atoms with E-state index in [1.54, 1.807) is 33.5 Å². The number of benzene rings is 2. The SMILES string of the molecule is CCNC(=NCc1cc(OC)c(OC)cc1OC)NCC1(c2ccccc2F)CC1.I. The fourth-order valence-corrected chi connectivity index (χ4v) is 3.56. The van der Waals surface area contributed by atoms with Gasteiger partial charge in [0.15, 0.2) is 17.5 Å². The maximum atomic E-state index is 14.3. The average Bonchev–Trinajstić information content (AvgIpc) is 3.56. The van der Waals surface area contributed by atoms with Crippen LogP contribution in [0, 0.1) is 5.82 Å². The fraction of sp³-hybridized carbons (Fsp3) is 0.435. The molecular formula is C23H31FIN3O3. The molecule has 170 valence electrons. The van der Waals surface area contributed by atoms with E-state index in [1.807, 2.05) is 25.1 Å². The topological polar surface area (TPSA) is 64.1 Å². The van der Waals surface area contributed by atoms with Crippen molar-refractivity contribution in [3.05, 3.63) is 53.3 Å². The molecule has 3 rings (SSSR count). The zero-order chi connectivity index (χ0) is 21.6. The lowest BCUT2D eigenvalue weighted by atomic mass is 9.95. The Kier molecular flexibility index (Phi) is 9.21. The van der Waals surface area contributed by atoms with Gasteiger partial charge in [-0.2, -0.15) is 0 Å². The number of nitrogens with zero attached hydrogens (tertiary/aromatic N) is 1. The molecule has 0 amide bonds. The molecule has 0 aromatic heterocycles. The Morgan fingerprint density at radius 1 is 1.00 bits per heavy atom. The molecule has 1 aliphatic carbocycles. The van der Waals surface area contributed by atoms with Gasteiger partial charge in [-0.25, -0.2) is 9.38 Å². The number of nitrogens with one attached hydrogen (secondary N) is 2. The molecule has 1 aliphatic rings. The minimum absolute atomic E-state index is 0. The highest BCUT2D eigenvalue weighted by molar-refractivity contribution is 14.0. The third-order valence-electron chi connectivity index (χ3n) is 5.43. The minimum atomic E-state index is -0.164. The lowest BCUT2D eigenvalue weighted by Gasteiger charge is -2.20. The van der Waals surface area contributed by atoms with Crippen LogP contribution in [0.3, 0.4) is 0 Å². The van der Waals surface area contributed by atoms with Crippen molar-refractivity contribution in [3.8, 4) is 17.2 Å². The number of rotatable bonds is 9. The molecule has 31 heavy (non-hydrogen) atoms. The number of ether oxygens (including phenoxy) is 3. The van der Waals surface area contributed by atoms with Crippen LogP contribution < -0.4 is 24.8 Å². The van der Waals surface area contributed by atoms with Crippen LogP contribution in [0.25, 0.3) is 0 Å². The Bertz CT molecular complexity index is 904.